The number of nitro groups is 1. The normalized spacial score (nSPS) is 19.0. The zero-order valence-corrected chi connectivity index (χ0v) is 12.8. The van der Waals surface area contributed by atoms with Gasteiger partial charge in [0.15, 0.2) is 16.1 Å². The number of rotatable bonds is 7. The van der Waals surface area contributed by atoms with E-state index in [4.69, 9.17) is 9.47 Å². The quantitative estimate of drug-likeness (QED) is 0.572. The number of sulfone groups is 1. The lowest BCUT2D eigenvalue weighted by molar-refractivity contribution is -0.384. The fourth-order valence-corrected chi connectivity index (χ4v) is 3.19. The van der Waals surface area contributed by atoms with Crippen LogP contribution in [0.5, 0.6) is 0 Å². The standard InChI is InChI=1S/C13H18N2O6S/c16-15(17)12-3-1-11(2-4-12)10-22(18,19)8-7-21-13-9-14-5-6-20-13/h1-4,13-14H,5-10H2. The Labute approximate surface area is 128 Å². The Morgan fingerprint density at radius 1 is 1.36 bits per heavy atom. The van der Waals surface area contributed by atoms with E-state index in [1.54, 1.807) is 0 Å². The molecule has 0 aliphatic carbocycles. The number of ether oxygens (including phenoxy) is 2. The van der Waals surface area contributed by atoms with E-state index in [2.05, 4.69) is 5.32 Å². The van der Waals surface area contributed by atoms with E-state index in [0.717, 1.165) is 6.54 Å². The molecule has 1 unspecified atom stereocenters. The molecular weight excluding hydrogens is 312 g/mol. The van der Waals surface area contributed by atoms with Gasteiger partial charge in [0.05, 0.1) is 29.6 Å². The average Bonchev–Trinajstić information content (AvgIpc) is 2.48. The summed E-state index contributed by atoms with van der Waals surface area (Å²) in [7, 11) is -3.34. The maximum absolute atomic E-state index is 12.0. The van der Waals surface area contributed by atoms with Gasteiger partial charge in [-0.05, 0) is 5.56 Å². The minimum Gasteiger partial charge on any atom is -0.350 e. The van der Waals surface area contributed by atoms with Crippen molar-refractivity contribution in [3.05, 3.63) is 39.9 Å². The molecule has 8 nitrogen and oxygen atoms in total. The van der Waals surface area contributed by atoms with E-state index in [0.29, 0.717) is 18.7 Å². The highest BCUT2D eigenvalue weighted by atomic mass is 32.2. The van der Waals surface area contributed by atoms with Gasteiger partial charge in [0.1, 0.15) is 0 Å². The Hall–Kier alpha value is -1.55. The number of hydrogen-bond donors (Lipinski definition) is 1. The fraction of sp³-hybridized carbons (Fsp3) is 0.538. The molecule has 9 heteroatoms. The molecule has 1 aliphatic rings. The Morgan fingerprint density at radius 2 is 2.09 bits per heavy atom. The highest BCUT2D eigenvalue weighted by Crippen LogP contribution is 2.14. The van der Waals surface area contributed by atoms with E-state index in [9.17, 15) is 18.5 Å². The molecule has 0 saturated carbocycles. The Kier molecular flexibility index (Phi) is 5.83. The summed E-state index contributed by atoms with van der Waals surface area (Å²) >= 11 is 0. The molecule has 22 heavy (non-hydrogen) atoms. The van der Waals surface area contributed by atoms with Crippen LogP contribution in [0.15, 0.2) is 24.3 Å². The summed E-state index contributed by atoms with van der Waals surface area (Å²) in [5.41, 5.74) is 0.451. The molecule has 2 rings (SSSR count). The van der Waals surface area contributed by atoms with Gasteiger partial charge >= 0.3 is 0 Å². The van der Waals surface area contributed by atoms with Gasteiger partial charge in [-0.3, -0.25) is 10.1 Å². The first-order valence-electron chi connectivity index (χ1n) is 6.84. The van der Waals surface area contributed by atoms with Crippen molar-refractivity contribution in [3.63, 3.8) is 0 Å². The number of nitro benzene ring substituents is 1. The number of nitrogens with zero attached hydrogens (tertiary/aromatic N) is 1. The Bertz CT molecular complexity index is 595. The Balaban J connectivity index is 1.81. The zero-order valence-electron chi connectivity index (χ0n) is 11.9. The molecule has 1 fully saturated rings. The largest absolute Gasteiger partial charge is 0.350 e. The summed E-state index contributed by atoms with van der Waals surface area (Å²) in [5, 5.41) is 13.6. The van der Waals surface area contributed by atoms with Gasteiger partial charge in [-0.15, -0.1) is 0 Å². The number of nitrogens with one attached hydrogen (secondary N) is 1. The van der Waals surface area contributed by atoms with Crippen LogP contribution < -0.4 is 5.32 Å². The van der Waals surface area contributed by atoms with Gasteiger partial charge < -0.3 is 14.8 Å². The van der Waals surface area contributed by atoms with Crippen molar-refractivity contribution >= 4 is 15.5 Å². The molecule has 1 aliphatic heterocycles. The minimum atomic E-state index is -3.34. The van der Waals surface area contributed by atoms with Crippen LogP contribution in [-0.2, 0) is 25.1 Å². The summed E-state index contributed by atoms with van der Waals surface area (Å²) in [4.78, 5) is 10.0. The second-order valence-electron chi connectivity index (χ2n) is 4.89. The lowest BCUT2D eigenvalue weighted by Crippen LogP contribution is -2.40. The molecule has 1 saturated heterocycles. The van der Waals surface area contributed by atoms with Gasteiger partial charge in [0, 0.05) is 25.2 Å². The molecule has 1 aromatic rings. The van der Waals surface area contributed by atoms with Crippen LogP contribution in [0.1, 0.15) is 5.56 Å². The fourth-order valence-electron chi connectivity index (χ4n) is 1.99. The Morgan fingerprint density at radius 3 is 2.68 bits per heavy atom. The molecule has 0 spiro atoms. The van der Waals surface area contributed by atoms with Crippen molar-refractivity contribution in [2.75, 3.05) is 32.1 Å². The monoisotopic (exact) mass is 330 g/mol. The van der Waals surface area contributed by atoms with Crippen LogP contribution in [0, 0.1) is 10.1 Å². The molecule has 122 valence electrons. The predicted molar refractivity (Wildman–Crippen MR) is 79.1 cm³/mol. The van der Waals surface area contributed by atoms with Crippen molar-refractivity contribution in [2.24, 2.45) is 0 Å². The van der Waals surface area contributed by atoms with Gasteiger partial charge in [-0.25, -0.2) is 8.42 Å². The zero-order chi connectivity index (χ0) is 16.0. The highest BCUT2D eigenvalue weighted by Gasteiger charge is 2.17. The van der Waals surface area contributed by atoms with Crippen LogP contribution in [0.25, 0.3) is 0 Å². The minimum absolute atomic E-state index is 0.0572. The first kappa shape index (κ1) is 16.8. The van der Waals surface area contributed by atoms with Crippen LogP contribution >= 0.6 is 0 Å². The van der Waals surface area contributed by atoms with E-state index >= 15 is 0 Å². The second kappa shape index (κ2) is 7.63. The molecule has 0 amide bonds. The molecule has 0 radical (unpaired) electrons. The van der Waals surface area contributed by atoms with Gasteiger partial charge in [0.25, 0.3) is 5.69 Å². The van der Waals surface area contributed by atoms with Crippen molar-refractivity contribution in [3.8, 4) is 0 Å². The lowest BCUT2D eigenvalue weighted by atomic mass is 10.2. The summed E-state index contributed by atoms with van der Waals surface area (Å²) in [6, 6.07) is 5.49. The van der Waals surface area contributed by atoms with Crippen molar-refractivity contribution < 1.29 is 22.8 Å². The number of benzene rings is 1. The van der Waals surface area contributed by atoms with E-state index < -0.39 is 21.1 Å². The summed E-state index contributed by atoms with van der Waals surface area (Å²) in [6.07, 6.45) is -0.414. The molecule has 1 atom stereocenters. The van der Waals surface area contributed by atoms with Crippen LogP contribution in [0.2, 0.25) is 0 Å². The van der Waals surface area contributed by atoms with Gasteiger partial charge in [0.2, 0.25) is 0 Å². The van der Waals surface area contributed by atoms with Crippen LogP contribution in [0.4, 0.5) is 5.69 Å². The number of morpholine rings is 1. The predicted octanol–water partition coefficient (Wildman–Crippen LogP) is 0.472. The highest BCUT2D eigenvalue weighted by molar-refractivity contribution is 7.90. The molecule has 0 bridgehead atoms. The molecule has 1 N–H and O–H groups in total. The second-order valence-corrected chi connectivity index (χ2v) is 7.07. The van der Waals surface area contributed by atoms with E-state index in [1.165, 1.54) is 24.3 Å². The van der Waals surface area contributed by atoms with Crippen LogP contribution in [0.3, 0.4) is 0 Å². The smallest absolute Gasteiger partial charge is 0.269 e. The number of non-ortho nitro benzene ring substituents is 1. The summed E-state index contributed by atoms with van der Waals surface area (Å²) in [6.45, 7) is 1.91. The van der Waals surface area contributed by atoms with E-state index in [-0.39, 0.29) is 23.8 Å². The van der Waals surface area contributed by atoms with Crippen molar-refractivity contribution in [2.45, 2.75) is 12.0 Å². The third kappa shape index (κ3) is 5.34. The first-order valence-corrected chi connectivity index (χ1v) is 8.66. The van der Waals surface area contributed by atoms with Crippen LogP contribution in [-0.4, -0.2) is 51.7 Å². The average molecular weight is 330 g/mol. The molecule has 0 aromatic heterocycles. The lowest BCUT2D eigenvalue weighted by Gasteiger charge is -2.23. The maximum Gasteiger partial charge on any atom is 0.269 e. The SMILES string of the molecule is O=[N+]([O-])c1ccc(CS(=O)(=O)CCOC2CNCCO2)cc1. The number of hydrogen-bond acceptors (Lipinski definition) is 7. The van der Waals surface area contributed by atoms with E-state index in [1.807, 2.05) is 0 Å². The molecule has 1 aromatic carbocycles. The third-order valence-electron chi connectivity index (χ3n) is 3.13. The third-order valence-corrected chi connectivity index (χ3v) is 4.69. The topological polar surface area (TPSA) is 108 Å². The molecule has 1 heterocycles. The van der Waals surface area contributed by atoms with Gasteiger partial charge in [-0.2, -0.15) is 0 Å². The maximum atomic E-state index is 12.0. The first-order chi connectivity index (χ1) is 10.5. The van der Waals surface area contributed by atoms with Gasteiger partial charge in [-0.1, -0.05) is 12.1 Å². The van der Waals surface area contributed by atoms with Crippen molar-refractivity contribution in [1.82, 2.24) is 5.32 Å². The van der Waals surface area contributed by atoms with Crippen molar-refractivity contribution in [1.29, 1.82) is 0 Å². The summed E-state index contributed by atoms with van der Waals surface area (Å²) < 4.78 is 34.6. The molecular formula is C13H18N2O6S. The summed E-state index contributed by atoms with van der Waals surface area (Å²) in [5.74, 6) is -0.290.